The number of para-hydroxylation sites is 1. The molecule has 9 heteroatoms. The Balaban J connectivity index is 1.16. The second kappa shape index (κ2) is 10.7. The molecule has 0 saturated carbocycles. The summed E-state index contributed by atoms with van der Waals surface area (Å²) in [5, 5.41) is 6.77. The fourth-order valence-corrected chi connectivity index (χ4v) is 4.79. The van der Waals surface area contributed by atoms with Gasteiger partial charge in [0.2, 0.25) is 5.91 Å². The Hall–Kier alpha value is -4.37. The Bertz CT molecular complexity index is 1250. The lowest BCUT2D eigenvalue weighted by Crippen LogP contribution is -2.47. The molecule has 2 atom stereocenters. The van der Waals surface area contributed by atoms with Crippen molar-refractivity contribution in [1.82, 2.24) is 10.6 Å². The molecule has 1 aliphatic heterocycles. The molecule has 3 aromatic rings. The predicted molar refractivity (Wildman–Crippen MR) is 135 cm³/mol. The number of carbonyl (C=O) groups excluding carboxylic acids is 3. The lowest BCUT2D eigenvalue weighted by atomic mass is 9.98. The number of methoxy groups -OCH3 is 1. The maximum Gasteiger partial charge on any atom is 0.407 e. The Labute approximate surface area is 214 Å². The van der Waals surface area contributed by atoms with E-state index in [9.17, 15) is 14.4 Å². The van der Waals surface area contributed by atoms with Gasteiger partial charge in [0.25, 0.3) is 0 Å². The maximum atomic E-state index is 12.6. The summed E-state index contributed by atoms with van der Waals surface area (Å²) in [6, 6.07) is 25.2. The van der Waals surface area contributed by atoms with E-state index in [4.69, 9.17) is 14.3 Å². The highest BCUT2D eigenvalue weighted by Gasteiger charge is 2.39. The van der Waals surface area contributed by atoms with Gasteiger partial charge in [-0.15, -0.1) is 0 Å². The van der Waals surface area contributed by atoms with E-state index in [0.717, 1.165) is 22.3 Å². The van der Waals surface area contributed by atoms with E-state index < -0.39 is 30.2 Å². The zero-order chi connectivity index (χ0) is 25.8. The molecule has 5 rings (SSSR count). The normalized spacial score (nSPS) is 18.0. The number of alkyl carbamates (subject to hydrolysis) is 1. The van der Waals surface area contributed by atoms with Crippen LogP contribution in [0.1, 0.15) is 23.5 Å². The summed E-state index contributed by atoms with van der Waals surface area (Å²) >= 11 is 0. The van der Waals surface area contributed by atoms with E-state index in [1.165, 1.54) is 12.2 Å². The fraction of sp³-hybridized carbons (Fsp3) is 0.250. The minimum Gasteiger partial charge on any atom is -0.467 e. The van der Waals surface area contributed by atoms with Crippen LogP contribution in [0.5, 0.6) is 0 Å². The molecule has 0 unspecified atom stereocenters. The van der Waals surface area contributed by atoms with Crippen LogP contribution in [0.2, 0.25) is 0 Å². The van der Waals surface area contributed by atoms with Crippen LogP contribution < -0.4 is 15.7 Å². The summed E-state index contributed by atoms with van der Waals surface area (Å²) in [6.07, 6.45) is -1.97. The zero-order valence-corrected chi connectivity index (χ0v) is 20.3. The van der Waals surface area contributed by atoms with Gasteiger partial charge in [-0.1, -0.05) is 66.7 Å². The summed E-state index contributed by atoms with van der Waals surface area (Å²) < 4.78 is 10.3. The van der Waals surface area contributed by atoms with Gasteiger partial charge in [-0.05, 0) is 34.4 Å². The van der Waals surface area contributed by atoms with Gasteiger partial charge in [0.05, 0.1) is 12.8 Å². The summed E-state index contributed by atoms with van der Waals surface area (Å²) in [7, 11) is 1.28. The molecule has 0 spiro atoms. The van der Waals surface area contributed by atoms with Crippen molar-refractivity contribution >= 4 is 23.7 Å². The Kier molecular flexibility index (Phi) is 7.04. The molecule has 3 aromatic carbocycles. The van der Waals surface area contributed by atoms with Gasteiger partial charge in [0, 0.05) is 12.3 Å². The van der Waals surface area contributed by atoms with Crippen molar-refractivity contribution in [3.8, 4) is 11.1 Å². The highest BCUT2D eigenvalue weighted by atomic mass is 16.7. The summed E-state index contributed by atoms with van der Waals surface area (Å²) in [5.41, 5.74) is 5.16. The minimum atomic E-state index is -0.856. The lowest BCUT2D eigenvalue weighted by molar-refractivity contribution is -0.151. The quantitative estimate of drug-likeness (QED) is 0.478. The van der Waals surface area contributed by atoms with Gasteiger partial charge in [-0.3, -0.25) is 9.63 Å². The number of amides is 2. The number of hydrogen-bond donors (Lipinski definition) is 2. The molecule has 2 amide bonds. The van der Waals surface area contributed by atoms with Crippen molar-refractivity contribution < 1.29 is 28.7 Å². The topological polar surface area (TPSA) is 106 Å². The number of nitrogens with one attached hydrogen (secondary N) is 2. The van der Waals surface area contributed by atoms with E-state index >= 15 is 0 Å². The maximum absolute atomic E-state index is 12.6. The lowest BCUT2D eigenvalue weighted by Gasteiger charge is -2.25. The molecule has 0 aromatic heterocycles. The monoisotopic (exact) mass is 501 g/mol. The first-order valence-corrected chi connectivity index (χ1v) is 12.0. The van der Waals surface area contributed by atoms with E-state index in [1.54, 1.807) is 12.1 Å². The average molecular weight is 502 g/mol. The molecule has 1 heterocycles. The first-order valence-electron chi connectivity index (χ1n) is 12.0. The van der Waals surface area contributed by atoms with Crippen molar-refractivity contribution in [2.45, 2.75) is 24.6 Å². The van der Waals surface area contributed by atoms with Gasteiger partial charge >= 0.3 is 12.1 Å². The third kappa shape index (κ3) is 5.12. The van der Waals surface area contributed by atoms with Crippen LogP contribution in [0.15, 0.2) is 78.9 Å². The van der Waals surface area contributed by atoms with E-state index in [0.29, 0.717) is 5.69 Å². The molecule has 1 saturated heterocycles. The standard InChI is InChI=1S/C28H27N3O6/c1-35-27(33)24-15-25(31(37-24)18-9-3-2-4-10-18)30-26(32)16-29-28(34)36-17-23-21-13-7-5-11-19(21)20-12-6-8-14-22(20)23/h2-14,23-25H,15-17H2,1H3,(H,29,34)(H,30,32)/t24-,25+/m1/s1. The van der Waals surface area contributed by atoms with Crippen LogP contribution in [0.3, 0.4) is 0 Å². The van der Waals surface area contributed by atoms with Crippen LogP contribution in [0.4, 0.5) is 10.5 Å². The minimum absolute atomic E-state index is 0.0719. The first-order chi connectivity index (χ1) is 18.0. The Morgan fingerprint density at radius 1 is 0.919 bits per heavy atom. The number of ether oxygens (including phenoxy) is 2. The molecule has 0 radical (unpaired) electrons. The third-order valence-corrected chi connectivity index (χ3v) is 6.50. The number of fused-ring (bicyclic) bond motifs is 3. The van der Waals surface area contributed by atoms with E-state index in [2.05, 4.69) is 22.8 Å². The van der Waals surface area contributed by atoms with Crippen LogP contribution in [0.25, 0.3) is 11.1 Å². The molecule has 9 nitrogen and oxygen atoms in total. The van der Waals surface area contributed by atoms with Crippen LogP contribution in [0, 0.1) is 0 Å². The average Bonchev–Trinajstić information content (AvgIpc) is 3.50. The number of rotatable bonds is 7. The van der Waals surface area contributed by atoms with E-state index in [-0.39, 0.29) is 25.5 Å². The SMILES string of the molecule is COC(=O)[C@H]1C[C@@H](NC(=O)CNC(=O)OCC2c3ccccc3-c3ccccc32)N(c2ccccc2)O1. The summed E-state index contributed by atoms with van der Waals surface area (Å²) in [6.45, 7) is -0.140. The molecular weight excluding hydrogens is 474 g/mol. The second-order valence-electron chi connectivity index (χ2n) is 8.78. The molecule has 2 aliphatic rings. The summed E-state index contributed by atoms with van der Waals surface area (Å²) in [4.78, 5) is 42.8. The van der Waals surface area contributed by atoms with Gasteiger partial charge < -0.3 is 20.1 Å². The summed E-state index contributed by atoms with van der Waals surface area (Å²) in [5.74, 6) is -1.06. The molecule has 190 valence electrons. The van der Waals surface area contributed by atoms with Crippen LogP contribution in [-0.2, 0) is 23.9 Å². The van der Waals surface area contributed by atoms with E-state index in [1.807, 2.05) is 54.6 Å². The van der Waals surface area contributed by atoms with Crippen LogP contribution >= 0.6 is 0 Å². The highest BCUT2D eigenvalue weighted by molar-refractivity contribution is 5.83. The molecular formula is C28H27N3O6. The Morgan fingerprint density at radius 2 is 1.54 bits per heavy atom. The first kappa shape index (κ1) is 24.3. The van der Waals surface area contributed by atoms with Crippen LogP contribution in [-0.4, -0.2) is 50.5 Å². The number of carbonyl (C=O) groups is 3. The van der Waals surface area contributed by atoms with Crippen molar-refractivity contribution in [1.29, 1.82) is 0 Å². The molecule has 0 bridgehead atoms. The number of hydroxylamine groups is 1. The zero-order valence-electron chi connectivity index (χ0n) is 20.3. The van der Waals surface area contributed by atoms with Gasteiger partial charge in [0.15, 0.2) is 6.10 Å². The molecule has 1 fully saturated rings. The van der Waals surface area contributed by atoms with Crippen molar-refractivity contribution in [3.05, 3.63) is 90.0 Å². The molecule has 2 N–H and O–H groups in total. The van der Waals surface area contributed by atoms with Gasteiger partial charge in [-0.25, -0.2) is 14.7 Å². The Morgan fingerprint density at radius 3 is 2.19 bits per heavy atom. The fourth-order valence-electron chi connectivity index (χ4n) is 4.79. The number of esters is 1. The highest BCUT2D eigenvalue weighted by Crippen LogP contribution is 2.44. The van der Waals surface area contributed by atoms with Crippen molar-refractivity contribution in [2.75, 3.05) is 25.3 Å². The van der Waals surface area contributed by atoms with Crippen molar-refractivity contribution in [2.24, 2.45) is 0 Å². The second-order valence-corrected chi connectivity index (χ2v) is 8.78. The van der Waals surface area contributed by atoms with Crippen molar-refractivity contribution in [3.63, 3.8) is 0 Å². The molecule has 37 heavy (non-hydrogen) atoms. The number of benzene rings is 3. The number of nitrogens with zero attached hydrogens (tertiary/aromatic N) is 1. The molecule has 1 aliphatic carbocycles. The third-order valence-electron chi connectivity index (χ3n) is 6.50. The number of anilines is 1. The largest absolute Gasteiger partial charge is 0.467 e. The predicted octanol–water partition coefficient (Wildman–Crippen LogP) is 3.35. The number of hydrogen-bond acceptors (Lipinski definition) is 7. The van der Waals surface area contributed by atoms with Gasteiger partial charge in [-0.2, -0.15) is 0 Å². The smallest absolute Gasteiger partial charge is 0.407 e. The van der Waals surface area contributed by atoms with Gasteiger partial charge in [0.1, 0.15) is 19.3 Å².